The third-order valence-corrected chi connectivity index (χ3v) is 7.54. The summed E-state index contributed by atoms with van der Waals surface area (Å²) in [6, 6.07) is 15.6. The SMILES string of the molecule is COc1ccc(CNc2nccc(-c3[nH]c(CC4OCC(C(=O)N5CCC(O)C5)CO4)nc3-c3ccc(F)cc3)n2)cc1. The molecule has 4 aromatic rings. The average Bonchev–Trinajstić information content (AvgIpc) is 3.67. The largest absolute Gasteiger partial charge is 0.497 e. The predicted molar refractivity (Wildman–Crippen MR) is 155 cm³/mol. The van der Waals surface area contributed by atoms with Gasteiger partial charge in [0, 0.05) is 31.4 Å². The number of H-pyrrole nitrogens is 1. The molecule has 0 saturated carbocycles. The van der Waals surface area contributed by atoms with Crippen molar-refractivity contribution in [2.45, 2.75) is 31.8 Å². The molecule has 1 amide bonds. The summed E-state index contributed by atoms with van der Waals surface area (Å²) >= 11 is 0. The lowest BCUT2D eigenvalue weighted by Gasteiger charge is -2.30. The van der Waals surface area contributed by atoms with Crippen LogP contribution >= 0.6 is 0 Å². The summed E-state index contributed by atoms with van der Waals surface area (Å²) in [5.74, 6) is 1.00. The Kier molecular flexibility index (Phi) is 8.59. The van der Waals surface area contributed by atoms with Gasteiger partial charge in [-0.1, -0.05) is 12.1 Å². The Balaban J connectivity index is 1.17. The van der Waals surface area contributed by atoms with E-state index in [9.17, 15) is 14.3 Å². The molecule has 4 heterocycles. The van der Waals surface area contributed by atoms with Gasteiger partial charge in [0.05, 0.1) is 55.8 Å². The fraction of sp³-hybridized carbons (Fsp3) is 0.355. The van der Waals surface area contributed by atoms with Gasteiger partial charge in [0.1, 0.15) is 17.4 Å². The Morgan fingerprint density at radius 3 is 2.58 bits per heavy atom. The lowest BCUT2D eigenvalue weighted by Crippen LogP contribution is -2.44. The van der Waals surface area contributed by atoms with Crippen molar-refractivity contribution in [2.24, 2.45) is 5.92 Å². The standard InChI is InChI=1S/C31H33FN6O5/c1-41-24-8-2-19(3-9-24)15-34-31-33-12-10-25(35-31)29-28(20-4-6-22(32)7-5-20)36-26(37-29)14-27-42-17-21(18-43-27)30(40)38-13-11-23(39)16-38/h2-10,12,21,23,27,39H,11,13-18H2,1H3,(H,36,37)(H,33,34,35). The maximum absolute atomic E-state index is 13.7. The first-order chi connectivity index (χ1) is 20.9. The minimum Gasteiger partial charge on any atom is -0.497 e. The van der Waals surface area contributed by atoms with Gasteiger partial charge in [-0.2, -0.15) is 0 Å². The smallest absolute Gasteiger partial charge is 0.230 e. The van der Waals surface area contributed by atoms with Crippen molar-refractivity contribution in [1.29, 1.82) is 0 Å². The summed E-state index contributed by atoms with van der Waals surface area (Å²) in [4.78, 5) is 31.7. The monoisotopic (exact) mass is 588 g/mol. The minimum atomic E-state index is -0.597. The number of aromatic amines is 1. The van der Waals surface area contributed by atoms with E-state index in [0.29, 0.717) is 66.9 Å². The quantitative estimate of drug-likeness (QED) is 0.269. The van der Waals surface area contributed by atoms with Crippen LogP contribution in [0.1, 0.15) is 17.8 Å². The number of β-amino-alcohol motifs (C(OH)–C–C–N with tert-alkyl or cyclic N) is 1. The number of aliphatic hydroxyl groups is 1. The number of ether oxygens (including phenoxy) is 3. The number of carbonyl (C=O) groups is 1. The number of amides is 1. The molecule has 43 heavy (non-hydrogen) atoms. The van der Waals surface area contributed by atoms with Crippen LogP contribution in [-0.4, -0.2) is 81.7 Å². The first-order valence-corrected chi connectivity index (χ1v) is 14.2. The summed E-state index contributed by atoms with van der Waals surface area (Å²) < 4.78 is 30.8. The normalized spacial score (nSPS) is 20.3. The van der Waals surface area contributed by atoms with Gasteiger partial charge < -0.3 is 34.5 Å². The van der Waals surface area contributed by atoms with Gasteiger partial charge >= 0.3 is 0 Å². The number of likely N-dealkylation sites (tertiary alicyclic amines) is 1. The van der Waals surface area contributed by atoms with Crippen molar-refractivity contribution in [2.75, 3.05) is 38.7 Å². The zero-order valence-electron chi connectivity index (χ0n) is 23.7. The summed E-state index contributed by atoms with van der Waals surface area (Å²) in [6.45, 7) is 1.86. The van der Waals surface area contributed by atoms with Crippen LogP contribution in [0.25, 0.3) is 22.6 Å². The number of nitrogens with one attached hydrogen (secondary N) is 2. The molecule has 0 bridgehead atoms. The summed E-state index contributed by atoms with van der Waals surface area (Å²) in [7, 11) is 1.63. The number of rotatable bonds is 9. The summed E-state index contributed by atoms with van der Waals surface area (Å²) in [5.41, 5.74) is 3.61. The molecule has 6 rings (SSSR count). The fourth-order valence-electron chi connectivity index (χ4n) is 5.19. The van der Waals surface area contributed by atoms with E-state index in [0.717, 1.165) is 11.3 Å². The minimum absolute atomic E-state index is 0.0611. The van der Waals surface area contributed by atoms with Crippen LogP contribution in [0.4, 0.5) is 10.3 Å². The van der Waals surface area contributed by atoms with Crippen LogP contribution in [0.5, 0.6) is 5.75 Å². The van der Waals surface area contributed by atoms with E-state index in [4.69, 9.17) is 24.2 Å². The van der Waals surface area contributed by atoms with Crippen molar-refractivity contribution in [3.8, 4) is 28.4 Å². The van der Waals surface area contributed by atoms with E-state index in [2.05, 4.69) is 15.3 Å². The van der Waals surface area contributed by atoms with Crippen molar-refractivity contribution < 1.29 is 28.5 Å². The molecular formula is C31H33FN6O5. The molecule has 1 unspecified atom stereocenters. The summed E-state index contributed by atoms with van der Waals surface area (Å²) in [5, 5.41) is 13.0. The summed E-state index contributed by atoms with van der Waals surface area (Å²) in [6.07, 6.45) is 1.50. The third kappa shape index (κ3) is 6.82. The molecule has 2 aliphatic heterocycles. The van der Waals surface area contributed by atoms with Crippen molar-refractivity contribution in [3.63, 3.8) is 0 Å². The molecular weight excluding hydrogens is 555 g/mol. The molecule has 12 heteroatoms. The van der Waals surface area contributed by atoms with Crippen molar-refractivity contribution >= 4 is 11.9 Å². The van der Waals surface area contributed by atoms with Crippen LogP contribution in [0.15, 0.2) is 60.8 Å². The van der Waals surface area contributed by atoms with E-state index in [1.807, 2.05) is 24.3 Å². The number of nitrogens with zero attached hydrogens (tertiary/aromatic N) is 4. The highest BCUT2D eigenvalue weighted by Crippen LogP contribution is 2.31. The van der Waals surface area contributed by atoms with Gasteiger partial charge in [0.25, 0.3) is 0 Å². The molecule has 0 radical (unpaired) electrons. The third-order valence-electron chi connectivity index (χ3n) is 7.54. The lowest BCUT2D eigenvalue weighted by atomic mass is 10.1. The fourth-order valence-corrected chi connectivity index (χ4v) is 5.19. The van der Waals surface area contributed by atoms with Gasteiger partial charge in [-0.05, 0) is 54.4 Å². The highest BCUT2D eigenvalue weighted by Gasteiger charge is 2.34. The van der Waals surface area contributed by atoms with Gasteiger partial charge in [0.15, 0.2) is 6.29 Å². The van der Waals surface area contributed by atoms with Gasteiger partial charge in [-0.3, -0.25) is 4.79 Å². The Hall–Kier alpha value is -4.39. The Morgan fingerprint density at radius 1 is 1.12 bits per heavy atom. The Bertz CT molecular complexity index is 1540. The first kappa shape index (κ1) is 28.7. The van der Waals surface area contributed by atoms with Gasteiger partial charge in [-0.25, -0.2) is 19.3 Å². The second kappa shape index (κ2) is 12.9. The molecule has 2 aliphatic rings. The van der Waals surface area contributed by atoms with E-state index < -0.39 is 18.3 Å². The number of anilines is 1. The molecule has 0 spiro atoms. The predicted octanol–water partition coefficient (Wildman–Crippen LogP) is 3.42. The van der Waals surface area contributed by atoms with E-state index in [1.165, 1.54) is 12.1 Å². The van der Waals surface area contributed by atoms with Gasteiger partial charge in [0.2, 0.25) is 11.9 Å². The lowest BCUT2D eigenvalue weighted by molar-refractivity contribution is -0.204. The molecule has 11 nitrogen and oxygen atoms in total. The molecule has 224 valence electrons. The highest BCUT2D eigenvalue weighted by molar-refractivity contribution is 5.79. The number of carbonyl (C=O) groups excluding carboxylic acids is 1. The number of hydrogen-bond donors (Lipinski definition) is 3. The first-order valence-electron chi connectivity index (χ1n) is 14.2. The molecule has 2 saturated heterocycles. The average molecular weight is 589 g/mol. The second-order valence-electron chi connectivity index (χ2n) is 10.6. The number of imidazole rings is 1. The second-order valence-corrected chi connectivity index (χ2v) is 10.6. The molecule has 3 N–H and O–H groups in total. The molecule has 2 aromatic carbocycles. The molecule has 2 fully saturated rings. The van der Waals surface area contributed by atoms with Crippen LogP contribution in [0, 0.1) is 11.7 Å². The van der Waals surface area contributed by atoms with Crippen LogP contribution in [-0.2, 0) is 27.2 Å². The maximum atomic E-state index is 13.7. The van der Waals surface area contributed by atoms with Gasteiger partial charge in [-0.15, -0.1) is 0 Å². The zero-order valence-corrected chi connectivity index (χ0v) is 23.7. The zero-order chi connectivity index (χ0) is 29.8. The molecule has 2 aromatic heterocycles. The van der Waals surface area contributed by atoms with Crippen LogP contribution < -0.4 is 10.1 Å². The number of aromatic nitrogens is 4. The van der Waals surface area contributed by atoms with Crippen LogP contribution in [0.2, 0.25) is 0 Å². The van der Waals surface area contributed by atoms with E-state index >= 15 is 0 Å². The van der Waals surface area contributed by atoms with Crippen molar-refractivity contribution in [1.82, 2.24) is 24.8 Å². The Morgan fingerprint density at radius 2 is 1.88 bits per heavy atom. The maximum Gasteiger partial charge on any atom is 0.230 e. The van der Waals surface area contributed by atoms with Crippen LogP contribution in [0.3, 0.4) is 0 Å². The molecule has 0 aliphatic carbocycles. The number of methoxy groups -OCH3 is 1. The highest BCUT2D eigenvalue weighted by atomic mass is 19.1. The number of aliphatic hydroxyl groups excluding tert-OH is 1. The Labute approximate surface area is 248 Å². The topological polar surface area (TPSA) is 135 Å². The number of benzene rings is 2. The number of halogens is 1. The van der Waals surface area contributed by atoms with Crippen molar-refractivity contribution in [3.05, 3.63) is 78.0 Å². The number of hydrogen-bond acceptors (Lipinski definition) is 9. The van der Waals surface area contributed by atoms with E-state index in [-0.39, 0.29) is 24.9 Å². The molecule has 1 atom stereocenters. The van der Waals surface area contributed by atoms with E-state index in [1.54, 1.807) is 36.4 Å².